The molecule has 0 atom stereocenters. The predicted octanol–water partition coefficient (Wildman–Crippen LogP) is 3.74. The van der Waals surface area contributed by atoms with E-state index in [4.69, 9.17) is 4.74 Å². The Hall–Kier alpha value is -3.08. The number of nitrogens with one attached hydrogen (secondary N) is 1. The Morgan fingerprint density at radius 2 is 1.85 bits per heavy atom. The van der Waals surface area contributed by atoms with Crippen molar-refractivity contribution >= 4 is 22.5 Å². The minimum absolute atomic E-state index is 0.0879. The normalized spacial score (nSPS) is 10.7. The van der Waals surface area contributed by atoms with Crippen LogP contribution < -0.4 is 15.6 Å². The summed E-state index contributed by atoms with van der Waals surface area (Å²) in [6.07, 6.45) is 0.222. The zero-order valence-electron chi connectivity index (χ0n) is 15.0. The predicted molar refractivity (Wildman–Crippen MR) is 104 cm³/mol. The second-order valence-corrected chi connectivity index (χ2v) is 6.09. The second-order valence-electron chi connectivity index (χ2n) is 6.09. The van der Waals surface area contributed by atoms with E-state index in [9.17, 15) is 9.59 Å². The van der Waals surface area contributed by atoms with Crippen molar-refractivity contribution in [3.05, 3.63) is 70.5 Å². The van der Waals surface area contributed by atoms with Gasteiger partial charge in [0.15, 0.2) is 0 Å². The number of hydrogen-bond acceptors (Lipinski definition) is 3. The summed E-state index contributed by atoms with van der Waals surface area (Å²) < 4.78 is 7.04. The highest BCUT2D eigenvalue weighted by Gasteiger charge is 2.09. The number of rotatable bonds is 6. The lowest BCUT2D eigenvalue weighted by Crippen LogP contribution is -2.23. The Kier molecular flexibility index (Phi) is 5.37. The molecule has 2 aromatic carbocycles. The van der Waals surface area contributed by atoms with E-state index in [1.807, 2.05) is 50.2 Å². The molecule has 5 nitrogen and oxygen atoms in total. The number of aromatic nitrogens is 1. The molecule has 0 aliphatic rings. The van der Waals surface area contributed by atoms with Crippen molar-refractivity contribution in [1.29, 1.82) is 0 Å². The maximum Gasteiger partial charge on any atom is 0.251 e. The Morgan fingerprint density at radius 1 is 1.12 bits per heavy atom. The highest BCUT2D eigenvalue weighted by Crippen LogP contribution is 2.17. The molecule has 26 heavy (non-hydrogen) atoms. The van der Waals surface area contributed by atoms with Crippen LogP contribution in [0.25, 0.3) is 10.9 Å². The molecule has 3 rings (SSSR count). The van der Waals surface area contributed by atoms with Crippen LogP contribution in [0.2, 0.25) is 0 Å². The fourth-order valence-electron chi connectivity index (χ4n) is 2.97. The number of pyridine rings is 1. The smallest absolute Gasteiger partial charge is 0.251 e. The number of aryl methyl sites for hydroxylation is 2. The Labute approximate surface area is 152 Å². The van der Waals surface area contributed by atoms with Gasteiger partial charge in [0, 0.05) is 30.1 Å². The number of nitrogens with zero attached hydrogens (tertiary/aromatic N) is 1. The van der Waals surface area contributed by atoms with E-state index in [0.717, 1.165) is 22.2 Å². The van der Waals surface area contributed by atoms with E-state index in [1.54, 1.807) is 22.8 Å². The van der Waals surface area contributed by atoms with Crippen LogP contribution >= 0.6 is 0 Å². The quantitative estimate of drug-likeness (QED) is 0.737. The SMILES string of the molecule is CCOc1ccc(NC(=O)CCn2c(=O)cc(C)c3ccccc32)cc1. The first-order chi connectivity index (χ1) is 12.6. The van der Waals surface area contributed by atoms with Crippen LogP contribution in [0.1, 0.15) is 18.9 Å². The van der Waals surface area contributed by atoms with Crippen molar-refractivity contribution in [2.75, 3.05) is 11.9 Å². The van der Waals surface area contributed by atoms with E-state index < -0.39 is 0 Å². The highest BCUT2D eigenvalue weighted by molar-refractivity contribution is 5.91. The van der Waals surface area contributed by atoms with Crippen LogP contribution in [0.15, 0.2) is 59.4 Å². The fraction of sp³-hybridized carbons (Fsp3) is 0.238. The molecule has 1 N–H and O–H groups in total. The lowest BCUT2D eigenvalue weighted by Gasteiger charge is -2.12. The minimum atomic E-state index is -0.134. The van der Waals surface area contributed by atoms with Crippen molar-refractivity contribution in [2.24, 2.45) is 0 Å². The van der Waals surface area contributed by atoms with E-state index in [2.05, 4.69) is 5.32 Å². The fourth-order valence-corrected chi connectivity index (χ4v) is 2.97. The molecular formula is C21H22N2O3. The standard InChI is InChI=1S/C21H22N2O3/c1-3-26-17-10-8-16(9-11-17)22-20(24)12-13-23-19-7-5-4-6-18(19)15(2)14-21(23)25/h4-11,14H,3,12-13H2,1-2H3,(H,22,24). The van der Waals surface area contributed by atoms with Crippen molar-refractivity contribution in [3.63, 3.8) is 0 Å². The molecule has 134 valence electrons. The van der Waals surface area contributed by atoms with Crippen molar-refractivity contribution in [1.82, 2.24) is 4.57 Å². The van der Waals surface area contributed by atoms with Gasteiger partial charge < -0.3 is 14.6 Å². The summed E-state index contributed by atoms with van der Waals surface area (Å²) in [5, 5.41) is 3.88. The van der Waals surface area contributed by atoms with Gasteiger partial charge >= 0.3 is 0 Å². The summed E-state index contributed by atoms with van der Waals surface area (Å²) >= 11 is 0. The molecule has 0 unspecified atom stereocenters. The molecule has 0 saturated carbocycles. The molecule has 0 spiro atoms. The third-order valence-electron chi connectivity index (χ3n) is 4.24. The number of fused-ring (bicyclic) bond motifs is 1. The first kappa shape index (κ1) is 17.7. The third-order valence-corrected chi connectivity index (χ3v) is 4.24. The summed E-state index contributed by atoms with van der Waals surface area (Å²) in [6, 6.07) is 16.6. The van der Waals surface area contributed by atoms with Gasteiger partial charge in [-0.25, -0.2) is 0 Å². The number of anilines is 1. The monoisotopic (exact) mass is 350 g/mol. The van der Waals surface area contributed by atoms with E-state index in [1.165, 1.54) is 0 Å². The number of ether oxygens (including phenoxy) is 1. The molecule has 1 aromatic heterocycles. The number of amides is 1. The van der Waals surface area contributed by atoms with Gasteiger partial charge in [0.25, 0.3) is 5.56 Å². The number of carbonyl (C=O) groups is 1. The largest absolute Gasteiger partial charge is 0.494 e. The number of para-hydroxylation sites is 1. The average molecular weight is 350 g/mol. The molecule has 5 heteroatoms. The van der Waals surface area contributed by atoms with Crippen LogP contribution in [-0.4, -0.2) is 17.1 Å². The topological polar surface area (TPSA) is 60.3 Å². The van der Waals surface area contributed by atoms with Crippen molar-refractivity contribution < 1.29 is 9.53 Å². The van der Waals surface area contributed by atoms with Gasteiger partial charge in [-0.3, -0.25) is 9.59 Å². The van der Waals surface area contributed by atoms with E-state index in [-0.39, 0.29) is 17.9 Å². The van der Waals surface area contributed by atoms with Crippen LogP contribution in [0.3, 0.4) is 0 Å². The molecule has 0 bridgehead atoms. The Bertz CT molecular complexity index is 975. The molecule has 0 fully saturated rings. The number of hydrogen-bond donors (Lipinski definition) is 1. The van der Waals surface area contributed by atoms with E-state index in [0.29, 0.717) is 18.8 Å². The number of carbonyl (C=O) groups excluding carboxylic acids is 1. The first-order valence-corrected chi connectivity index (χ1v) is 8.70. The lowest BCUT2D eigenvalue weighted by molar-refractivity contribution is -0.116. The van der Waals surface area contributed by atoms with Crippen molar-refractivity contribution in [3.8, 4) is 5.75 Å². The van der Waals surface area contributed by atoms with Gasteiger partial charge in [-0.15, -0.1) is 0 Å². The summed E-state index contributed by atoms with van der Waals surface area (Å²) in [5.41, 5.74) is 2.42. The molecular weight excluding hydrogens is 328 g/mol. The maximum absolute atomic E-state index is 12.3. The second kappa shape index (κ2) is 7.87. The van der Waals surface area contributed by atoms with Crippen molar-refractivity contribution in [2.45, 2.75) is 26.8 Å². The van der Waals surface area contributed by atoms with Crippen LogP contribution in [0.5, 0.6) is 5.75 Å². The molecule has 0 aliphatic heterocycles. The molecule has 1 heterocycles. The molecule has 0 saturated heterocycles. The Morgan fingerprint density at radius 3 is 2.58 bits per heavy atom. The molecule has 1 amide bonds. The van der Waals surface area contributed by atoms with Crippen LogP contribution in [-0.2, 0) is 11.3 Å². The third kappa shape index (κ3) is 3.94. The first-order valence-electron chi connectivity index (χ1n) is 8.70. The zero-order chi connectivity index (χ0) is 18.5. The van der Waals surface area contributed by atoms with Crippen LogP contribution in [0.4, 0.5) is 5.69 Å². The van der Waals surface area contributed by atoms with Gasteiger partial charge in [0.1, 0.15) is 5.75 Å². The summed E-state index contributed by atoms with van der Waals surface area (Å²) in [4.78, 5) is 24.6. The van der Waals surface area contributed by atoms with Gasteiger partial charge in [-0.1, -0.05) is 18.2 Å². The summed E-state index contributed by atoms with van der Waals surface area (Å²) in [5.74, 6) is 0.633. The van der Waals surface area contributed by atoms with Crippen LogP contribution in [0, 0.1) is 6.92 Å². The summed E-state index contributed by atoms with van der Waals surface area (Å²) in [6.45, 7) is 4.78. The highest BCUT2D eigenvalue weighted by atomic mass is 16.5. The number of benzene rings is 2. The molecule has 0 aliphatic carbocycles. The molecule has 0 radical (unpaired) electrons. The maximum atomic E-state index is 12.3. The van der Waals surface area contributed by atoms with Gasteiger partial charge in [-0.2, -0.15) is 0 Å². The molecule has 3 aromatic rings. The van der Waals surface area contributed by atoms with Gasteiger partial charge in [0.05, 0.1) is 12.1 Å². The average Bonchev–Trinajstić information content (AvgIpc) is 2.63. The van der Waals surface area contributed by atoms with Gasteiger partial charge in [-0.05, 0) is 49.7 Å². The Balaban J connectivity index is 1.70. The van der Waals surface area contributed by atoms with Gasteiger partial charge in [0.2, 0.25) is 5.91 Å². The summed E-state index contributed by atoms with van der Waals surface area (Å²) in [7, 11) is 0. The van der Waals surface area contributed by atoms with E-state index >= 15 is 0 Å². The lowest BCUT2D eigenvalue weighted by atomic mass is 10.1. The minimum Gasteiger partial charge on any atom is -0.494 e. The zero-order valence-corrected chi connectivity index (χ0v) is 15.0.